The molecule has 1 rings (SSSR count). The zero-order valence-electron chi connectivity index (χ0n) is 19.5. The lowest BCUT2D eigenvalue weighted by Crippen LogP contribution is -2.47. The number of amidine groups is 1. The van der Waals surface area contributed by atoms with Gasteiger partial charge in [0.15, 0.2) is 0 Å². The predicted octanol–water partition coefficient (Wildman–Crippen LogP) is 3.84. The zero-order chi connectivity index (χ0) is 24.3. The maximum Gasteiger partial charge on any atom is 0.408 e. The SMILES string of the molecule is C=NC(=N/C=C(\C)NC(=O)[C@@H](CC)NC(=O)OC(C)(C)C)Oc1ccc(C#N)cc1CC. The Morgan fingerprint density at radius 2 is 2.00 bits per heavy atom. The molecule has 0 fully saturated rings. The van der Waals surface area contributed by atoms with E-state index in [1.54, 1.807) is 52.8 Å². The van der Waals surface area contributed by atoms with E-state index in [4.69, 9.17) is 14.7 Å². The zero-order valence-corrected chi connectivity index (χ0v) is 19.5. The molecule has 32 heavy (non-hydrogen) atoms. The number of nitrogens with zero attached hydrogens (tertiary/aromatic N) is 3. The smallest absolute Gasteiger partial charge is 0.408 e. The van der Waals surface area contributed by atoms with E-state index in [1.165, 1.54) is 6.20 Å². The van der Waals surface area contributed by atoms with Crippen LogP contribution in [0.3, 0.4) is 0 Å². The van der Waals surface area contributed by atoms with E-state index >= 15 is 0 Å². The second-order valence-corrected chi connectivity index (χ2v) is 7.87. The van der Waals surface area contributed by atoms with Crippen LogP contribution in [0.25, 0.3) is 0 Å². The Morgan fingerprint density at radius 3 is 2.53 bits per heavy atom. The summed E-state index contributed by atoms with van der Waals surface area (Å²) < 4.78 is 10.9. The molecular formula is C23H31N5O4. The molecule has 0 heterocycles. The normalized spacial score (nSPS) is 12.9. The minimum atomic E-state index is -0.767. The first-order valence-corrected chi connectivity index (χ1v) is 10.3. The molecule has 2 N–H and O–H groups in total. The molecule has 0 aliphatic carbocycles. The van der Waals surface area contributed by atoms with Crippen LogP contribution in [0.2, 0.25) is 0 Å². The maximum absolute atomic E-state index is 12.5. The first-order chi connectivity index (χ1) is 15.0. The van der Waals surface area contributed by atoms with Crippen LogP contribution in [0, 0.1) is 11.3 Å². The number of aliphatic imine (C=N–C) groups is 2. The number of nitrogens with one attached hydrogen (secondary N) is 2. The molecule has 172 valence electrons. The fourth-order valence-corrected chi connectivity index (χ4v) is 2.49. The standard InChI is InChI=1S/C23H31N5O4/c1-8-17-12-16(13-24)10-11-19(17)31-21(25-7)26-14-15(3)27-20(29)18(9-2)28-22(30)32-23(4,5)6/h10-12,14,18H,7-9H2,1-6H3,(H,27,29)(H,28,30)/b15-14+,26-21?/t18-/m1/s1. The monoisotopic (exact) mass is 441 g/mol. The summed E-state index contributed by atoms with van der Waals surface area (Å²) in [6.07, 6.45) is 1.74. The summed E-state index contributed by atoms with van der Waals surface area (Å²) in [5, 5.41) is 14.3. The molecule has 0 bridgehead atoms. The van der Waals surface area contributed by atoms with Gasteiger partial charge in [0, 0.05) is 5.70 Å². The van der Waals surface area contributed by atoms with Gasteiger partial charge in [-0.15, -0.1) is 0 Å². The molecule has 9 nitrogen and oxygen atoms in total. The number of carbonyl (C=O) groups excluding carboxylic acids is 2. The lowest BCUT2D eigenvalue weighted by molar-refractivity contribution is -0.122. The van der Waals surface area contributed by atoms with Gasteiger partial charge in [0.05, 0.1) is 17.8 Å². The number of hydrogen-bond donors (Lipinski definition) is 2. The highest BCUT2D eigenvalue weighted by Gasteiger charge is 2.23. The number of benzene rings is 1. The summed E-state index contributed by atoms with van der Waals surface area (Å²) in [4.78, 5) is 32.3. The Labute approximate surface area is 189 Å². The van der Waals surface area contributed by atoms with Crippen molar-refractivity contribution in [1.82, 2.24) is 10.6 Å². The molecule has 1 aromatic carbocycles. The molecule has 1 aromatic rings. The minimum absolute atomic E-state index is 0.0167. The summed E-state index contributed by atoms with van der Waals surface area (Å²) >= 11 is 0. The number of carbonyl (C=O) groups is 2. The summed E-state index contributed by atoms with van der Waals surface area (Å²) in [6, 6.07) is 6.35. The first kappa shape index (κ1) is 26.4. The summed E-state index contributed by atoms with van der Waals surface area (Å²) in [6.45, 7) is 14.0. The average Bonchev–Trinajstić information content (AvgIpc) is 2.73. The van der Waals surface area contributed by atoms with Crippen LogP contribution < -0.4 is 15.4 Å². The van der Waals surface area contributed by atoms with Crippen LogP contribution in [0.4, 0.5) is 4.79 Å². The molecule has 0 saturated carbocycles. The van der Waals surface area contributed by atoms with Gasteiger partial charge < -0.3 is 20.1 Å². The Hall–Kier alpha value is -3.67. The van der Waals surface area contributed by atoms with Gasteiger partial charge in [0.2, 0.25) is 5.91 Å². The Morgan fingerprint density at radius 1 is 1.31 bits per heavy atom. The van der Waals surface area contributed by atoms with Gasteiger partial charge in [-0.3, -0.25) is 4.79 Å². The Balaban J connectivity index is 2.85. The first-order valence-electron chi connectivity index (χ1n) is 10.3. The van der Waals surface area contributed by atoms with E-state index in [1.807, 2.05) is 6.92 Å². The number of alkyl carbamates (subject to hydrolysis) is 1. The molecule has 2 amide bonds. The molecule has 0 aromatic heterocycles. The molecule has 0 radical (unpaired) electrons. The van der Waals surface area contributed by atoms with Crippen molar-refractivity contribution < 1.29 is 19.1 Å². The van der Waals surface area contributed by atoms with Gasteiger partial charge in [0.1, 0.15) is 17.4 Å². The van der Waals surface area contributed by atoms with Gasteiger partial charge in [-0.1, -0.05) is 13.8 Å². The molecule has 0 unspecified atom stereocenters. The van der Waals surface area contributed by atoms with Crippen LogP contribution >= 0.6 is 0 Å². The Bertz CT molecular complexity index is 939. The van der Waals surface area contributed by atoms with Crippen LogP contribution in [0.1, 0.15) is 59.1 Å². The molecule has 9 heteroatoms. The van der Waals surface area contributed by atoms with Crippen molar-refractivity contribution in [3.8, 4) is 11.8 Å². The molecule has 0 aliphatic heterocycles. The van der Waals surface area contributed by atoms with Crippen molar-refractivity contribution >= 4 is 24.7 Å². The number of nitriles is 1. The minimum Gasteiger partial charge on any atom is -0.444 e. The average molecular weight is 442 g/mol. The third kappa shape index (κ3) is 9.00. The highest BCUT2D eigenvalue weighted by atomic mass is 16.6. The van der Waals surface area contributed by atoms with E-state index in [-0.39, 0.29) is 6.02 Å². The van der Waals surface area contributed by atoms with E-state index in [9.17, 15) is 9.59 Å². The third-order valence-corrected chi connectivity index (χ3v) is 4.01. The predicted molar refractivity (Wildman–Crippen MR) is 123 cm³/mol. The molecule has 1 atom stereocenters. The van der Waals surface area contributed by atoms with Gasteiger partial charge in [0.25, 0.3) is 0 Å². The molecule has 0 saturated heterocycles. The van der Waals surface area contributed by atoms with Crippen LogP contribution in [0.5, 0.6) is 5.75 Å². The lowest BCUT2D eigenvalue weighted by Gasteiger charge is -2.22. The van der Waals surface area contributed by atoms with Crippen molar-refractivity contribution in [1.29, 1.82) is 5.26 Å². The van der Waals surface area contributed by atoms with Crippen molar-refractivity contribution in [3.05, 3.63) is 41.2 Å². The number of hydrogen-bond acceptors (Lipinski definition) is 6. The van der Waals surface area contributed by atoms with Crippen molar-refractivity contribution in [2.45, 2.75) is 66.0 Å². The summed E-state index contributed by atoms with van der Waals surface area (Å²) in [7, 11) is 0. The fraction of sp³-hybridized carbons (Fsp3) is 0.435. The topological polar surface area (TPSA) is 125 Å². The van der Waals surface area contributed by atoms with E-state index in [0.29, 0.717) is 29.9 Å². The largest absolute Gasteiger partial charge is 0.444 e. The van der Waals surface area contributed by atoms with Gasteiger partial charge in [-0.2, -0.15) is 5.26 Å². The van der Waals surface area contributed by atoms with E-state index in [2.05, 4.69) is 33.4 Å². The van der Waals surface area contributed by atoms with E-state index in [0.717, 1.165) is 5.56 Å². The van der Waals surface area contributed by atoms with Gasteiger partial charge in [-0.25, -0.2) is 14.8 Å². The second kappa shape index (κ2) is 12.2. The maximum atomic E-state index is 12.5. The third-order valence-electron chi connectivity index (χ3n) is 4.01. The summed E-state index contributed by atoms with van der Waals surface area (Å²) in [5.41, 5.74) is 1.11. The molecule has 0 spiro atoms. The van der Waals surface area contributed by atoms with Crippen molar-refractivity contribution in [2.24, 2.45) is 9.98 Å². The van der Waals surface area contributed by atoms with Crippen LogP contribution in [0.15, 0.2) is 40.1 Å². The van der Waals surface area contributed by atoms with Gasteiger partial charge >= 0.3 is 12.1 Å². The van der Waals surface area contributed by atoms with Crippen molar-refractivity contribution in [3.63, 3.8) is 0 Å². The summed E-state index contributed by atoms with van der Waals surface area (Å²) in [5.74, 6) is 0.108. The number of allylic oxidation sites excluding steroid dienone is 1. The number of ether oxygens (including phenoxy) is 2. The fourth-order valence-electron chi connectivity index (χ4n) is 2.49. The lowest BCUT2D eigenvalue weighted by atomic mass is 10.1. The van der Waals surface area contributed by atoms with E-state index < -0.39 is 23.6 Å². The quantitative estimate of drug-likeness (QED) is 0.491. The number of rotatable bonds is 7. The Kier molecular flexibility index (Phi) is 10.1. The van der Waals surface area contributed by atoms with Crippen LogP contribution in [-0.4, -0.2) is 36.4 Å². The highest BCUT2D eigenvalue weighted by Crippen LogP contribution is 2.21. The number of amides is 2. The second-order valence-electron chi connectivity index (χ2n) is 7.87. The molecule has 0 aliphatic rings. The number of aryl methyl sites for hydroxylation is 1. The van der Waals surface area contributed by atoms with Crippen molar-refractivity contribution in [2.75, 3.05) is 0 Å². The van der Waals surface area contributed by atoms with Gasteiger partial charge in [-0.05, 0) is 71.0 Å². The highest BCUT2D eigenvalue weighted by molar-refractivity contribution is 5.87. The van der Waals surface area contributed by atoms with Crippen LogP contribution in [-0.2, 0) is 16.0 Å². The molecular weight excluding hydrogens is 410 g/mol.